The summed E-state index contributed by atoms with van der Waals surface area (Å²) in [5.41, 5.74) is 2.54. The molecule has 0 saturated carbocycles. The number of halogens is 1. The van der Waals surface area contributed by atoms with Crippen LogP contribution in [0, 0.1) is 0 Å². The summed E-state index contributed by atoms with van der Waals surface area (Å²) in [5.74, 6) is 0.847. The molecule has 0 fully saturated rings. The van der Waals surface area contributed by atoms with Gasteiger partial charge in [-0.1, -0.05) is 36.4 Å². The quantitative estimate of drug-likeness (QED) is 0.703. The van der Waals surface area contributed by atoms with Crippen LogP contribution in [0.25, 0.3) is 0 Å². The summed E-state index contributed by atoms with van der Waals surface area (Å²) >= 11 is 8.80. The summed E-state index contributed by atoms with van der Waals surface area (Å²) in [6.07, 6.45) is 1.87. The van der Waals surface area contributed by atoms with Gasteiger partial charge in [-0.25, -0.2) is 0 Å². The van der Waals surface area contributed by atoms with Crippen molar-refractivity contribution in [3.8, 4) is 5.75 Å². The Morgan fingerprint density at radius 1 is 1.00 bits per heavy atom. The Morgan fingerprint density at radius 3 is 2.26 bits per heavy atom. The second-order valence-corrected chi connectivity index (χ2v) is 6.40. The van der Waals surface area contributed by atoms with Gasteiger partial charge >= 0.3 is 0 Å². The third kappa shape index (κ3) is 6.20. The maximum absolute atomic E-state index is 5.30. The molecule has 0 amide bonds. The first-order chi connectivity index (χ1) is 11.2. The van der Waals surface area contributed by atoms with E-state index in [0.29, 0.717) is 5.11 Å². The molecule has 23 heavy (non-hydrogen) atoms. The Hall–Kier alpha value is -1.59. The first kappa shape index (κ1) is 17.8. The Balaban J connectivity index is 1.65. The highest BCUT2D eigenvalue weighted by molar-refractivity contribution is 9.10. The SMILES string of the molecule is COc1ccc(CCNC(=S)NCCc2ccccc2)cc1Br. The second kappa shape index (κ2) is 9.53. The molecular formula is C18H21BrN2OS. The van der Waals surface area contributed by atoms with Gasteiger partial charge in [0.1, 0.15) is 5.75 Å². The van der Waals surface area contributed by atoms with Gasteiger partial charge in [0.15, 0.2) is 5.11 Å². The molecule has 2 aromatic carbocycles. The molecule has 0 aliphatic heterocycles. The normalized spacial score (nSPS) is 10.2. The van der Waals surface area contributed by atoms with Crippen LogP contribution in [-0.2, 0) is 12.8 Å². The fourth-order valence-electron chi connectivity index (χ4n) is 2.21. The summed E-state index contributed by atoms with van der Waals surface area (Å²) in [5, 5.41) is 7.18. The number of thiocarbonyl (C=S) groups is 1. The lowest BCUT2D eigenvalue weighted by atomic mass is 10.1. The molecule has 0 radical (unpaired) electrons. The molecule has 0 bridgehead atoms. The largest absolute Gasteiger partial charge is 0.496 e. The Labute approximate surface area is 151 Å². The third-order valence-corrected chi connectivity index (χ3v) is 4.37. The number of ether oxygens (including phenoxy) is 1. The Morgan fingerprint density at radius 2 is 1.65 bits per heavy atom. The number of rotatable bonds is 7. The number of nitrogens with one attached hydrogen (secondary N) is 2. The molecule has 0 heterocycles. The van der Waals surface area contributed by atoms with Crippen molar-refractivity contribution in [1.29, 1.82) is 0 Å². The lowest BCUT2D eigenvalue weighted by Gasteiger charge is -2.11. The summed E-state index contributed by atoms with van der Waals surface area (Å²) in [7, 11) is 1.67. The Bertz CT molecular complexity index is 634. The van der Waals surface area contributed by atoms with Gasteiger partial charge in [-0.3, -0.25) is 0 Å². The van der Waals surface area contributed by atoms with Crippen LogP contribution in [0.15, 0.2) is 53.0 Å². The molecule has 0 atom stereocenters. The van der Waals surface area contributed by atoms with E-state index in [4.69, 9.17) is 17.0 Å². The van der Waals surface area contributed by atoms with E-state index in [1.165, 1.54) is 11.1 Å². The van der Waals surface area contributed by atoms with Crippen molar-refractivity contribution in [1.82, 2.24) is 10.6 Å². The van der Waals surface area contributed by atoms with Crippen molar-refractivity contribution < 1.29 is 4.74 Å². The van der Waals surface area contributed by atoms with E-state index in [2.05, 4.69) is 63.0 Å². The smallest absolute Gasteiger partial charge is 0.166 e. The lowest BCUT2D eigenvalue weighted by Crippen LogP contribution is -2.37. The minimum Gasteiger partial charge on any atom is -0.496 e. The number of hydrogen-bond acceptors (Lipinski definition) is 2. The first-order valence-electron chi connectivity index (χ1n) is 7.57. The van der Waals surface area contributed by atoms with Gasteiger partial charge in [0, 0.05) is 13.1 Å². The monoisotopic (exact) mass is 392 g/mol. The maximum Gasteiger partial charge on any atom is 0.166 e. The van der Waals surface area contributed by atoms with E-state index in [1.807, 2.05) is 12.1 Å². The van der Waals surface area contributed by atoms with Gasteiger partial charge < -0.3 is 15.4 Å². The van der Waals surface area contributed by atoms with Crippen molar-refractivity contribution in [2.75, 3.05) is 20.2 Å². The Kier molecular flexibility index (Phi) is 7.36. The van der Waals surface area contributed by atoms with Gasteiger partial charge in [0.25, 0.3) is 0 Å². The molecule has 0 aromatic heterocycles. The van der Waals surface area contributed by atoms with Crippen molar-refractivity contribution >= 4 is 33.3 Å². The molecule has 0 aliphatic rings. The van der Waals surface area contributed by atoms with Gasteiger partial charge in [-0.2, -0.15) is 0 Å². The van der Waals surface area contributed by atoms with E-state index >= 15 is 0 Å². The molecular weight excluding hydrogens is 372 g/mol. The van der Waals surface area contributed by atoms with E-state index in [9.17, 15) is 0 Å². The number of benzene rings is 2. The minimum atomic E-state index is 0.702. The van der Waals surface area contributed by atoms with Crippen LogP contribution < -0.4 is 15.4 Å². The molecule has 0 aliphatic carbocycles. The van der Waals surface area contributed by atoms with Crippen LogP contribution in [0.4, 0.5) is 0 Å². The predicted molar refractivity (Wildman–Crippen MR) is 103 cm³/mol. The summed E-state index contributed by atoms with van der Waals surface area (Å²) < 4.78 is 6.20. The molecule has 5 heteroatoms. The number of hydrogen-bond donors (Lipinski definition) is 2. The van der Waals surface area contributed by atoms with Crippen LogP contribution in [0.1, 0.15) is 11.1 Å². The molecule has 0 spiro atoms. The maximum atomic E-state index is 5.30. The minimum absolute atomic E-state index is 0.702. The lowest BCUT2D eigenvalue weighted by molar-refractivity contribution is 0.412. The zero-order chi connectivity index (χ0) is 16.5. The zero-order valence-electron chi connectivity index (χ0n) is 13.1. The topological polar surface area (TPSA) is 33.3 Å². The molecule has 0 unspecified atom stereocenters. The molecule has 2 rings (SSSR count). The highest BCUT2D eigenvalue weighted by atomic mass is 79.9. The molecule has 0 saturated heterocycles. The van der Waals surface area contributed by atoms with Crippen LogP contribution in [0.2, 0.25) is 0 Å². The average molecular weight is 393 g/mol. The van der Waals surface area contributed by atoms with E-state index in [0.717, 1.165) is 36.2 Å². The third-order valence-electron chi connectivity index (χ3n) is 3.46. The summed E-state index contributed by atoms with van der Waals surface area (Å²) in [6.45, 7) is 1.64. The highest BCUT2D eigenvalue weighted by Gasteiger charge is 2.02. The van der Waals surface area contributed by atoms with Crippen LogP contribution in [-0.4, -0.2) is 25.3 Å². The standard InChI is InChI=1S/C18H21BrN2OS/c1-22-17-8-7-15(13-16(17)19)10-12-21-18(23)20-11-9-14-5-3-2-4-6-14/h2-8,13H,9-12H2,1H3,(H2,20,21,23). The first-order valence-corrected chi connectivity index (χ1v) is 8.77. The molecule has 3 nitrogen and oxygen atoms in total. The van der Waals surface area contributed by atoms with Crippen molar-refractivity contribution in [2.24, 2.45) is 0 Å². The van der Waals surface area contributed by atoms with Crippen LogP contribution in [0.5, 0.6) is 5.75 Å². The molecule has 2 aromatic rings. The van der Waals surface area contributed by atoms with Crippen molar-refractivity contribution in [3.05, 3.63) is 64.1 Å². The van der Waals surface area contributed by atoms with E-state index in [-0.39, 0.29) is 0 Å². The van der Waals surface area contributed by atoms with Crippen LogP contribution >= 0.6 is 28.1 Å². The van der Waals surface area contributed by atoms with Gasteiger partial charge in [0.05, 0.1) is 11.6 Å². The molecule has 2 N–H and O–H groups in total. The highest BCUT2D eigenvalue weighted by Crippen LogP contribution is 2.25. The predicted octanol–water partition coefficient (Wildman–Crippen LogP) is 3.71. The summed E-state index contributed by atoms with van der Waals surface area (Å²) in [4.78, 5) is 0. The fourth-order valence-corrected chi connectivity index (χ4v) is 3.01. The van der Waals surface area contributed by atoms with Gasteiger partial charge in [-0.05, 0) is 64.2 Å². The van der Waals surface area contributed by atoms with E-state index < -0.39 is 0 Å². The molecule has 122 valence electrons. The zero-order valence-corrected chi connectivity index (χ0v) is 15.5. The van der Waals surface area contributed by atoms with Crippen molar-refractivity contribution in [3.63, 3.8) is 0 Å². The summed E-state index contributed by atoms with van der Waals surface area (Å²) in [6, 6.07) is 16.5. The number of methoxy groups -OCH3 is 1. The van der Waals surface area contributed by atoms with E-state index in [1.54, 1.807) is 7.11 Å². The second-order valence-electron chi connectivity index (χ2n) is 5.14. The van der Waals surface area contributed by atoms with Gasteiger partial charge in [0.2, 0.25) is 0 Å². The average Bonchev–Trinajstić information content (AvgIpc) is 2.56. The van der Waals surface area contributed by atoms with Crippen LogP contribution in [0.3, 0.4) is 0 Å². The van der Waals surface area contributed by atoms with Crippen molar-refractivity contribution in [2.45, 2.75) is 12.8 Å². The van der Waals surface area contributed by atoms with Gasteiger partial charge in [-0.15, -0.1) is 0 Å². The fraction of sp³-hybridized carbons (Fsp3) is 0.278.